The van der Waals surface area contributed by atoms with Gasteiger partial charge >= 0.3 is 364 Å². The fourth-order valence-corrected chi connectivity index (χ4v) is 27.7. The molecular formula is C51H111O3P3. The van der Waals surface area contributed by atoms with Crippen molar-refractivity contribution < 1.29 is 13.2 Å². The van der Waals surface area contributed by atoms with Crippen molar-refractivity contribution in [3.05, 3.63) is 0 Å². The van der Waals surface area contributed by atoms with E-state index in [0.717, 1.165) is 37.0 Å². The average molecular weight is 865 g/mol. The Hall–Kier alpha value is 1.01. The van der Waals surface area contributed by atoms with E-state index in [1.807, 2.05) is 6.66 Å². The average Bonchev–Trinajstić information content (AvgIpc) is 3.17. The third-order valence-corrected chi connectivity index (χ3v) is 29.6. The first-order valence-electron chi connectivity index (χ1n) is 26.4. The molecule has 6 heteroatoms. The molecular weight excluding hydrogens is 753 g/mol. The molecule has 0 atom stereocenters. The zero-order valence-electron chi connectivity index (χ0n) is 41.3. The van der Waals surface area contributed by atoms with Crippen molar-refractivity contribution in [2.75, 3.05) is 57.0 Å². The topological polar surface area (TPSA) is 35.5 Å². The molecule has 0 aromatic rings. The Bertz CT molecular complexity index is 782. The first kappa shape index (κ1) is 58.0. The molecule has 0 amide bonds. The van der Waals surface area contributed by atoms with E-state index in [1.54, 1.807) is 0 Å². The summed E-state index contributed by atoms with van der Waals surface area (Å²) in [6, 6.07) is 0. The minimum atomic E-state index is -3.35. The Labute approximate surface area is 362 Å². The fourth-order valence-electron chi connectivity index (χ4n) is 9.89. The Kier molecular flexibility index (Phi) is 36.1. The molecule has 0 spiro atoms. The van der Waals surface area contributed by atoms with Gasteiger partial charge in [0.05, 0.1) is 0 Å². The molecule has 0 fully saturated rings. The summed E-state index contributed by atoms with van der Waals surface area (Å²) in [6.45, 7) is 15.4. The van der Waals surface area contributed by atoms with Gasteiger partial charge in [0, 0.05) is 0 Å². The monoisotopic (exact) mass is 865 g/mol. The van der Waals surface area contributed by atoms with Crippen molar-refractivity contribution in [2.24, 2.45) is 0 Å². The molecule has 0 aliphatic heterocycles. The van der Waals surface area contributed by atoms with Crippen molar-refractivity contribution in [1.82, 2.24) is 0 Å². The summed E-state index contributed by atoms with van der Waals surface area (Å²) < 4.78 is 31.1. The molecule has 0 rings (SSSR count). The van der Waals surface area contributed by atoms with E-state index in [4.69, 9.17) is 8.62 Å². The Morgan fingerprint density at radius 1 is 0.281 bits per heavy atom. The SMILES string of the molecule is CCCCCCCCP(C)(CCCCCCCC)(CCCCCCCC)OP(C)(=O)OP(C)(CCCCCCCC)(CCCCCCCC)CCCCCCCC. The van der Waals surface area contributed by atoms with E-state index in [-0.39, 0.29) is 0 Å². The fraction of sp³-hybridized carbons (Fsp3) is 1.00. The van der Waals surface area contributed by atoms with Crippen molar-refractivity contribution in [2.45, 2.75) is 273 Å². The van der Waals surface area contributed by atoms with Crippen LogP contribution in [0.1, 0.15) is 273 Å². The van der Waals surface area contributed by atoms with Gasteiger partial charge in [-0.2, -0.15) is 0 Å². The molecule has 0 N–H and O–H groups in total. The standard InChI is InChI=1S/C51H111O3P3/c1-10-16-22-28-34-40-46-56(8,47-41-35-29-23-17-11-2,48-42-36-30-24-18-12-3)53-55(7,52)54-57(9,49-43-37-31-25-19-13-4,50-44-38-32-26-20-14-5)51-45-39-33-27-21-15-6/h10-51H2,1-9H3. The summed E-state index contributed by atoms with van der Waals surface area (Å²) in [5.74, 6) is 0. The van der Waals surface area contributed by atoms with Gasteiger partial charge in [0.25, 0.3) is 0 Å². The molecule has 348 valence electrons. The molecule has 0 bridgehead atoms. The number of hydrogen-bond acceptors (Lipinski definition) is 3. The van der Waals surface area contributed by atoms with Gasteiger partial charge in [0.15, 0.2) is 0 Å². The van der Waals surface area contributed by atoms with E-state index in [9.17, 15) is 0 Å². The summed E-state index contributed by atoms with van der Waals surface area (Å²) in [6.07, 6.45) is 53.9. The van der Waals surface area contributed by atoms with Gasteiger partial charge in [-0.05, 0) is 0 Å². The van der Waals surface area contributed by atoms with Crippen LogP contribution in [0.15, 0.2) is 0 Å². The van der Waals surface area contributed by atoms with Crippen LogP contribution in [0, 0.1) is 0 Å². The Morgan fingerprint density at radius 3 is 0.579 bits per heavy atom. The van der Waals surface area contributed by atoms with Crippen LogP contribution in [-0.2, 0) is 13.2 Å². The van der Waals surface area contributed by atoms with Crippen molar-refractivity contribution in [3.63, 3.8) is 0 Å². The molecule has 3 nitrogen and oxygen atoms in total. The Balaban J connectivity index is 6.80. The summed E-state index contributed by atoms with van der Waals surface area (Å²) in [7, 11) is -3.35. The van der Waals surface area contributed by atoms with Gasteiger partial charge in [-0.1, -0.05) is 0 Å². The Morgan fingerprint density at radius 2 is 0.421 bits per heavy atom. The molecule has 0 unspecified atom stereocenters. The van der Waals surface area contributed by atoms with Crippen molar-refractivity contribution in [1.29, 1.82) is 0 Å². The van der Waals surface area contributed by atoms with E-state index >= 15 is 4.57 Å². The van der Waals surface area contributed by atoms with Gasteiger partial charge in [-0.15, -0.1) is 0 Å². The minimum absolute atomic E-state index is 1.15. The van der Waals surface area contributed by atoms with Crippen LogP contribution in [-0.4, -0.2) is 57.0 Å². The normalized spacial score (nSPS) is 15.0. The van der Waals surface area contributed by atoms with Crippen LogP contribution in [0.5, 0.6) is 0 Å². The molecule has 0 saturated carbocycles. The maximum absolute atomic E-state index is 15.7. The number of unbranched alkanes of at least 4 members (excludes halogenated alkanes) is 30. The van der Waals surface area contributed by atoms with E-state index < -0.39 is 21.3 Å². The number of rotatable bonds is 46. The van der Waals surface area contributed by atoms with Crippen LogP contribution in [0.25, 0.3) is 0 Å². The predicted molar refractivity (Wildman–Crippen MR) is 271 cm³/mol. The molecule has 0 aromatic carbocycles. The third kappa shape index (κ3) is 30.7. The summed E-state index contributed by atoms with van der Waals surface area (Å²) in [5.41, 5.74) is 0. The predicted octanol–water partition coefficient (Wildman–Crippen LogP) is 20.2. The quantitative estimate of drug-likeness (QED) is 0.0452. The van der Waals surface area contributed by atoms with Gasteiger partial charge in [-0.25, -0.2) is 0 Å². The molecule has 0 aliphatic rings. The van der Waals surface area contributed by atoms with Gasteiger partial charge in [-0.3, -0.25) is 0 Å². The van der Waals surface area contributed by atoms with Crippen LogP contribution in [0.3, 0.4) is 0 Å². The van der Waals surface area contributed by atoms with Crippen molar-refractivity contribution >= 4 is 21.3 Å². The second kappa shape index (κ2) is 35.5. The molecule has 0 aliphatic carbocycles. The van der Waals surface area contributed by atoms with E-state index in [2.05, 4.69) is 54.9 Å². The summed E-state index contributed by atoms with van der Waals surface area (Å²) in [5, 5.41) is 0. The molecule has 0 heterocycles. The van der Waals surface area contributed by atoms with E-state index in [1.165, 1.54) is 231 Å². The zero-order valence-corrected chi connectivity index (χ0v) is 43.9. The van der Waals surface area contributed by atoms with Crippen LogP contribution >= 0.6 is 21.3 Å². The molecule has 0 radical (unpaired) electrons. The molecule has 0 saturated heterocycles. The second-order valence-electron chi connectivity index (χ2n) is 20.3. The van der Waals surface area contributed by atoms with Gasteiger partial charge in [0.1, 0.15) is 0 Å². The summed E-state index contributed by atoms with van der Waals surface area (Å²) in [4.78, 5) is 0. The molecule has 0 aromatic heterocycles. The first-order valence-corrected chi connectivity index (χ1v) is 34.7. The molecule has 57 heavy (non-hydrogen) atoms. The first-order chi connectivity index (χ1) is 27.4. The van der Waals surface area contributed by atoms with E-state index in [0.29, 0.717) is 0 Å². The van der Waals surface area contributed by atoms with Crippen LogP contribution < -0.4 is 0 Å². The summed E-state index contributed by atoms with van der Waals surface area (Å²) >= 11 is 0. The van der Waals surface area contributed by atoms with Crippen molar-refractivity contribution in [3.8, 4) is 0 Å². The van der Waals surface area contributed by atoms with Crippen LogP contribution in [0.4, 0.5) is 0 Å². The maximum atomic E-state index is 15.7. The van der Waals surface area contributed by atoms with Gasteiger partial charge < -0.3 is 0 Å². The third-order valence-electron chi connectivity index (χ3n) is 13.7. The number of hydrogen-bond donors (Lipinski definition) is 0. The van der Waals surface area contributed by atoms with Gasteiger partial charge in [0.2, 0.25) is 0 Å². The van der Waals surface area contributed by atoms with Crippen LogP contribution in [0.2, 0.25) is 0 Å². The zero-order chi connectivity index (χ0) is 42.5. The second-order valence-corrected chi connectivity index (χ2v) is 34.6.